The lowest BCUT2D eigenvalue weighted by Gasteiger charge is -2.13. The van der Waals surface area contributed by atoms with Crippen molar-refractivity contribution in [2.75, 3.05) is 18.4 Å². The van der Waals surface area contributed by atoms with E-state index in [-0.39, 0.29) is 0 Å². The van der Waals surface area contributed by atoms with Crippen molar-refractivity contribution in [3.8, 4) is 0 Å². The second-order valence-corrected chi connectivity index (χ2v) is 4.65. The molecule has 0 aromatic heterocycles. The van der Waals surface area contributed by atoms with Gasteiger partial charge < -0.3 is 11.1 Å². The highest BCUT2D eigenvalue weighted by atomic mass is 14.9. The Labute approximate surface area is 99.2 Å². The van der Waals surface area contributed by atoms with Gasteiger partial charge in [0.2, 0.25) is 0 Å². The molecule has 0 radical (unpaired) electrons. The predicted octanol–water partition coefficient (Wildman–Crippen LogP) is 3.21. The summed E-state index contributed by atoms with van der Waals surface area (Å²) in [5, 5.41) is 3.40. The molecule has 0 amide bonds. The molecule has 2 heteroatoms. The molecule has 2 atom stereocenters. The molecule has 0 heterocycles. The van der Waals surface area contributed by atoms with E-state index in [9.17, 15) is 0 Å². The van der Waals surface area contributed by atoms with Crippen molar-refractivity contribution < 1.29 is 0 Å². The van der Waals surface area contributed by atoms with Crippen LogP contribution in [-0.2, 0) is 0 Å². The summed E-state index contributed by atoms with van der Waals surface area (Å²) in [5.41, 5.74) is 8.18. The van der Waals surface area contributed by atoms with Crippen LogP contribution >= 0.6 is 0 Å². The third kappa shape index (κ3) is 3.86. The zero-order chi connectivity index (χ0) is 12.0. The van der Waals surface area contributed by atoms with Crippen LogP contribution < -0.4 is 11.1 Å². The molecule has 0 saturated heterocycles. The Morgan fingerprint density at radius 2 is 1.81 bits per heavy atom. The molecule has 0 saturated carbocycles. The average Bonchev–Trinajstić information content (AvgIpc) is 2.35. The Bertz CT molecular complexity index is 292. The van der Waals surface area contributed by atoms with Crippen molar-refractivity contribution >= 4 is 5.69 Å². The van der Waals surface area contributed by atoms with Crippen LogP contribution in [0.25, 0.3) is 0 Å². The highest BCUT2D eigenvalue weighted by molar-refractivity contribution is 5.45. The van der Waals surface area contributed by atoms with Crippen LogP contribution in [0.4, 0.5) is 5.69 Å². The van der Waals surface area contributed by atoms with Crippen molar-refractivity contribution in [3.63, 3.8) is 0 Å². The van der Waals surface area contributed by atoms with Crippen LogP contribution in [0, 0.1) is 5.92 Å². The van der Waals surface area contributed by atoms with Gasteiger partial charge in [0.05, 0.1) is 0 Å². The van der Waals surface area contributed by atoms with E-state index >= 15 is 0 Å². The Morgan fingerprint density at radius 1 is 1.19 bits per heavy atom. The topological polar surface area (TPSA) is 38.0 Å². The van der Waals surface area contributed by atoms with Gasteiger partial charge >= 0.3 is 0 Å². The molecule has 90 valence electrons. The van der Waals surface area contributed by atoms with Gasteiger partial charge in [0, 0.05) is 12.2 Å². The largest absolute Gasteiger partial charge is 0.385 e. The number of anilines is 1. The van der Waals surface area contributed by atoms with Gasteiger partial charge in [-0.3, -0.25) is 0 Å². The first-order valence-corrected chi connectivity index (χ1v) is 6.21. The molecule has 1 aromatic rings. The van der Waals surface area contributed by atoms with E-state index in [1.807, 2.05) is 0 Å². The summed E-state index contributed by atoms with van der Waals surface area (Å²) in [6.45, 7) is 8.32. The number of hydrogen-bond acceptors (Lipinski definition) is 2. The van der Waals surface area contributed by atoms with Crippen LogP contribution in [0.3, 0.4) is 0 Å². The van der Waals surface area contributed by atoms with Gasteiger partial charge in [-0.25, -0.2) is 0 Å². The molecule has 0 bridgehead atoms. The van der Waals surface area contributed by atoms with Gasteiger partial charge in [0.1, 0.15) is 0 Å². The van der Waals surface area contributed by atoms with Crippen molar-refractivity contribution in [1.82, 2.24) is 0 Å². The second-order valence-electron chi connectivity index (χ2n) is 4.65. The maximum atomic E-state index is 5.58. The molecular formula is C14H24N2. The van der Waals surface area contributed by atoms with Crippen LogP contribution in [0.5, 0.6) is 0 Å². The zero-order valence-corrected chi connectivity index (χ0v) is 10.7. The van der Waals surface area contributed by atoms with E-state index in [1.54, 1.807) is 0 Å². The fraction of sp³-hybridized carbons (Fsp3) is 0.571. The molecule has 0 aliphatic carbocycles. The number of benzene rings is 1. The highest BCUT2D eigenvalue weighted by Gasteiger charge is 2.03. The monoisotopic (exact) mass is 220 g/mol. The van der Waals surface area contributed by atoms with Crippen molar-refractivity contribution in [2.24, 2.45) is 11.7 Å². The summed E-state index contributed by atoms with van der Waals surface area (Å²) in [6, 6.07) is 8.74. The predicted molar refractivity (Wildman–Crippen MR) is 71.9 cm³/mol. The fourth-order valence-electron chi connectivity index (χ4n) is 1.54. The van der Waals surface area contributed by atoms with E-state index in [1.165, 1.54) is 17.7 Å². The quantitative estimate of drug-likeness (QED) is 0.772. The summed E-state index contributed by atoms with van der Waals surface area (Å²) >= 11 is 0. The summed E-state index contributed by atoms with van der Waals surface area (Å²) < 4.78 is 0. The lowest BCUT2D eigenvalue weighted by atomic mass is 9.98. The van der Waals surface area contributed by atoms with Crippen LogP contribution in [0.1, 0.15) is 38.7 Å². The molecule has 0 aliphatic heterocycles. The van der Waals surface area contributed by atoms with Crippen LogP contribution in [0.2, 0.25) is 0 Å². The SMILES string of the molecule is CCC(C)c1ccc(NCC(C)CN)cc1. The van der Waals surface area contributed by atoms with E-state index in [0.717, 1.165) is 13.1 Å². The second kappa shape index (κ2) is 6.54. The van der Waals surface area contributed by atoms with E-state index in [2.05, 4.69) is 50.4 Å². The third-order valence-electron chi connectivity index (χ3n) is 3.15. The molecule has 0 fully saturated rings. The van der Waals surface area contributed by atoms with Gasteiger partial charge in [-0.15, -0.1) is 0 Å². The lowest BCUT2D eigenvalue weighted by molar-refractivity contribution is 0.628. The molecular weight excluding hydrogens is 196 g/mol. The number of rotatable bonds is 6. The standard InChI is InChI=1S/C14H24N2/c1-4-12(3)13-5-7-14(8-6-13)16-10-11(2)9-15/h5-8,11-12,16H,4,9-10,15H2,1-3H3. The van der Waals surface area contributed by atoms with Gasteiger partial charge in [-0.2, -0.15) is 0 Å². The van der Waals surface area contributed by atoms with Gasteiger partial charge in [0.15, 0.2) is 0 Å². The minimum Gasteiger partial charge on any atom is -0.385 e. The summed E-state index contributed by atoms with van der Waals surface area (Å²) in [6.07, 6.45) is 1.19. The minimum absolute atomic E-state index is 0.522. The average molecular weight is 220 g/mol. The normalized spacial score (nSPS) is 14.5. The maximum Gasteiger partial charge on any atom is 0.0340 e. The smallest absolute Gasteiger partial charge is 0.0340 e. The summed E-state index contributed by atoms with van der Waals surface area (Å²) in [7, 11) is 0. The zero-order valence-electron chi connectivity index (χ0n) is 10.7. The third-order valence-corrected chi connectivity index (χ3v) is 3.15. The van der Waals surface area contributed by atoms with E-state index < -0.39 is 0 Å². The Hall–Kier alpha value is -1.02. The van der Waals surface area contributed by atoms with Crippen molar-refractivity contribution in [1.29, 1.82) is 0 Å². The minimum atomic E-state index is 0.522. The Morgan fingerprint density at radius 3 is 2.31 bits per heavy atom. The molecule has 16 heavy (non-hydrogen) atoms. The molecule has 0 spiro atoms. The van der Waals surface area contributed by atoms with Gasteiger partial charge in [0.25, 0.3) is 0 Å². The van der Waals surface area contributed by atoms with Crippen LogP contribution in [0.15, 0.2) is 24.3 Å². The number of hydrogen-bond donors (Lipinski definition) is 2. The molecule has 1 aromatic carbocycles. The summed E-state index contributed by atoms with van der Waals surface area (Å²) in [4.78, 5) is 0. The Balaban J connectivity index is 2.51. The highest BCUT2D eigenvalue weighted by Crippen LogP contribution is 2.20. The molecule has 2 nitrogen and oxygen atoms in total. The first-order valence-electron chi connectivity index (χ1n) is 6.21. The Kier molecular flexibility index (Phi) is 5.33. The first kappa shape index (κ1) is 13.0. The number of nitrogens with one attached hydrogen (secondary N) is 1. The molecule has 0 aliphatic rings. The van der Waals surface area contributed by atoms with Crippen molar-refractivity contribution in [3.05, 3.63) is 29.8 Å². The van der Waals surface area contributed by atoms with Gasteiger partial charge in [-0.05, 0) is 42.5 Å². The van der Waals surface area contributed by atoms with Gasteiger partial charge in [-0.1, -0.05) is 32.9 Å². The molecule has 2 unspecified atom stereocenters. The first-order chi connectivity index (χ1) is 7.67. The van der Waals surface area contributed by atoms with E-state index in [4.69, 9.17) is 5.73 Å². The van der Waals surface area contributed by atoms with Crippen molar-refractivity contribution in [2.45, 2.75) is 33.1 Å². The maximum absolute atomic E-state index is 5.58. The van der Waals surface area contributed by atoms with Crippen LogP contribution in [-0.4, -0.2) is 13.1 Å². The molecule has 3 N–H and O–H groups in total. The fourth-order valence-corrected chi connectivity index (χ4v) is 1.54. The molecule has 1 rings (SSSR count). The van der Waals surface area contributed by atoms with E-state index in [0.29, 0.717) is 11.8 Å². The summed E-state index contributed by atoms with van der Waals surface area (Å²) in [5.74, 6) is 1.17. The number of nitrogens with two attached hydrogens (primary N) is 1. The lowest BCUT2D eigenvalue weighted by Crippen LogP contribution is -2.19.